The van der Waals surface area contributed by atoms with E-state index in [1.165, 1.54) is 25.3 Å². The smallest absolute Gasteiger partial charge is 0.251 e. The van der Waals surface area contributed by atoms with Gasteiger partial charge in [0, 0.05) is 11.6 Å². The molecule has 1 aliphatic rings. The lowest BCUT2D eigenvalue weighted by atomic mass is 9.84. The SMILES string of the molecule is CCC1CCC(NC(=O)c2ccc(N)c(O)c2)CC1. The summed E-state index contributed by atoms with van der Waals surface area (Å²) in [6.07, 6.45) is 5.70. The van der Waals surface area contributed by atoms with Crippen LogP contribution in [0.1, 0.15) is 49.4 Å². The number of phenols is 1. The first kappa shape index (κ1) is 13.7. The van der Waals surface area contributed by atoms with E-state index in [4.69, 9.17) is 5.73 Å². The molecule has 1 aromatic carbocycles. The summed E-state index contributed by atoms with van der Waals surface area (Å²) in [6.45, 7) is 2.22. The second-order valence-corrected chi connectivity index (χ2v) is 5.37. The number of anilines is 1. The van der Waals surface area contributed by atoms with Crippen LogP contribution in [0.4, 0.5) is 5.69 Å². The zero-order valence-electron chi connectivity index (χ0n) is 11.4. The highest BCUT2D eigenvalue weighted by molar-refractivity contribution is 5.95. The molecule has 104 valence electrons. The molecule has 0 saturated heterocycles. The van der Waals surface area contributed by atoms with E-state index in [2.05, 4.69) is 12.2 Å². The number of benzene rings is 1. The van der Waals surface area contributed by atoms with Crippen molar-refractivity contribution in [2.45, 2.75) is 45.1 Å². The molecule has 0 radical (unpaired) electrons. The van der Waals surface area contributed by atoms with E-state index in [-0.39, 0.29) is 17.7 Å². The Labute approximate surface area is 114 Å². The molecule has 0 spiro atoms. The summed E-state index contributed by atoms with van der Waals surface area (Å²) < 4.78 is 0. The second kappa shape index (κ2) is 5.95. The van der Waals surface area contributed by atoms with Gasteiger partial charge in [0.25, 0.3) is 5.91 Å². The normalized spacial score (nSPS) is 23.0. The van der Waals surface area contributed by atoms with Gasteiger partial charge in [-0.1, -0.05) is 13.3 Å². The van der Waals surface area contributed by atoms with Gasteiger partial charge in [0.15, 0.2) is 0 Å². The first-order valence-electron chi connectivity index (χ1n) is 6.99. The molecular formula is C15H22N2O2. The molecular weight excluding hydrogens is 240 g/mol. The van der Waals surface area contributed by atoms with Crippen LogP contribution in [-0.4, -0.2) is 17.1 Å². The lowest BCUT2D eigenvalue weighted by molar-refractivity contribution is 0.0921. The monoisotopic (exact) mass is 262 g/mol. The highest BCUT2D eigenvalue weighted by Crippen LogP contribution is 2.27. The Kier molecular flexibility index (Phi) is 4.30. The van der Waals surface area contributed by atoms with Gasteiger partial charge in [0.1, 0.15) is 5.75 Å². The minimum absolute atomic E-state index is 0.0395. The number of aromatic hydroxyl groups is 1. The van der Waals surface area contributed by atoms with Gasteiger partial charge in [0.05, 0.1) is 5.69 Å². The first-order chi connectivity index (χ1) is 9.10. The number of carbonyl (C=O) groups is 1. The predicted octanol–water partition coefficient (Wildman–Crippen LogP) is 2.67. The molecule has 0 atom stereocenters. The standard InChI is InChI=1S/C15H22N2O2/c1-2-10-3-6-12(7-4-10)17-15(19)11-5-8-13(16)14(18)9-11/h5,8-10,12,18H,2-4,6-7,16H2,1H3,(H,17,19). The van der Waals surface area contributed by atoms with Crippen molar-refractivity contribution in [1.82, 2.24) is 5.32 Å². The van der Waals surface area contributed by atoms with Gasteiger partial charge in [-0.25, -0.2) is 0 Å². The van der Waals surface area contributed by atoms with Gasteiger partial charge >= 0.3 is 0 Å². The van der Waals surface area contributed by atoms with E-state index in [9.17, 15) is 9.90 Å². The molecule has 0 bridgehead atoms. The zero-order valence-corrected chi connectivity index (χ0v) is 11.4. The number of nitrogens with one attached hydrogen (secondary N) is 1. The Morgan fingerprint density at radius 1 is 1.37 bits per heavy atom. The highest BCUT2D eigenvalue weighted by atomic mass is 16.3. The van der Waals surface area contributed by atoms with Gasteiger partial charge in [-0.3, -0.25) is 4.79 Å². The Bertz CT molecular complexity index is 451. The van der Waals surface area contributed by atoms with Crippen molar-refractivity contribution < 1.29 is 9.90 Å². The summed E-state index contributed by atoms with van der Waals surface area (Å²) in [5.74, 6) is 0.645. The lowest BCUT2D eigenvalue weighted by Gasteiger charge is -2.28. The fourth-order valence-electron chi connectivity index (χ4n) is 2.67. The largest absolute Gasteiger partial charge is 0.506 e. The van der Waals surface area contributed by atoms with Crippen molar-refractivity contribution in [2.24, 2.45) is 5.92 Å². The van der Waals surface area contributed by atoms with Crippen molar-refractivity contribution in [3.05, 3.63) is 23.8 Å². The second-order valence-electron chi connectivity index (χ2n) is 5.37. The Morgan fingerprint density at radius 2 is 2.05 bits per heavy atom. The van der Waals surface area contributed by atoms with Crippen molar-refractivity contribution in [3.63, 3.8) is 0 Å². The molecule has 4 N–H and O–H groups in total. The van der Waals surface area contributed by atoms with Crippen molar-refractivity contribution >= 4 is 11.6 Å². The van der Waals surface area contributed by atoms with E-state index >= 15 is 0 Å². The van der Waals surface area contributed by atoms with Crippen LogP contribution in [0.2, 0.25) is 0 Å². The highest BCUT2D eigenvalue weighted by Gasteiger charge is 2.21. The van der Waals surface area contributed by atoms with Crippen molar-refractivity contribution in [2.75, 3.05) is 5.73 Å². The maximum Gasteiger partial charge on any atom is 0.251 e. The number of nitrogens with two attached hydrogens (primary N) is 1. The van der Waals surface area contributed by atoms with Crippen LogP contribution in [0.25, 0.3) is 0 Å². The number of phenolic OH excluding ortho intramolecular Hbond substituents is 1. The van der Waals surface area contributed by atoms with Crippen LogP contribution in [-0.2, 0) is 0 Å². The summed E-state index contributed by atoms with van der Waals surface area (Å²) in [4.78, 5) is 12.1. The number of rotatable bonds is 3. The molecule has 1 aliphatic carbocycles. The van der Waals surface area contributed by atoms with Gasteiger partial charge in [-0.05, 0) is 49.8 Å². The van der Waals surface area contributed by atoms with Crippen LogP contribution < -0.4 is 11.1 Å². The molecule has 1 saturated carbocycles. The maximum atomic E-state index is 12.1. The summed E-state index contributed by atoms with van der Waals surface area (Å²) in [5.41, 5.74) is 6.28. The number of hydrogen-bond acceptors (Lipinski definition) is 3. The van der Waals surface area contributed by atoms with Crippen LogP contribution in [0.15, 0.2) is 18.2 Å². The van der Waals surface area contributed by atoms with Crippen molar-refractivity contribution in [1.29, 1.82) is 0 Å². The molecule has 0 unspecified atom stereocenters. The minimum Gasteiger partial charge on any atom is -0.506 e. The average molecular weight is 262 g/mol. The maximum absolute atomic E-state index is 12.1. The Balaban J connectivity index is 1.92. The van der Waals surface area contributed by atoms with Gasteiger partial charge in [-0.15, -0.1) is 0 Å². The first-order valence-corrected chi connectivity index (χ1v) is 6.99. The van der Waals surface area contributed by atoms with E-state index < -0.39 is 0 Å². The van der Waals surface area contributed by atoms with E-state index in [1.807, 2.05) is 0 Å². The molecule has 19 heavy (non-hydrogen) atoms. The predicted molar refractivity (Wildman–Crippen MR) is 76.0 cm³/mol. The third-order valence-corrected chi connectivity index (χ3v) is 4.05. The van der Waals surface area contributed by atoms with E-state index in [0.717, 1.165) is 18.8 Å². The number of hydrogen-bond donors (Lipinski definition) is 3. The van der Waals surface area contributed by atoms with Crippen LogP contribution in [0, 0.1) is 5.92 Å². The number of amides is 1. The Morgan fingerprint density at radius 3 is 2.63 bits per heavy atom. The zero-order chi connectivity index (χ0) is 13.8. The average Bonchev–Trinajstić information content (AvgIpc) is 2.42. The molecule has 0 aliphatic heterocycles. The summed E-state index contributed by atoms with van der Waals surface area (Å²) in [7, 11) is 0. The van der Waals surface area contributed by atoms with Gasteiger partial charge in [-0.2, -0.15) is 0 Å². The molecule has 1 aromatic rings. The van der Waals surface area contributed by atoms with Gasteiger partial charge < -0.3 is 16.2 Å². The van der Waals surface area contributed by atoms with Crippen LogP contribution in [0.5, 0.6) is 5.75 Å². The summed E-state index contributed by atoms with van der Waals surface area (Å²) in [6, 6.07) is 4.87. The van der Waals surface area contributed by atoms with Crippen LogP contribution >= 0.6 is 0 Å². The Hall–Kier alpha value is -1.71. The van der Waals surface area contributed by atoms with E-state index in [0.29, 0.717) is 11.3 Å². The summed E-state index contributed by atoms with van der Waals surface area (Å²) in [5, 5.41) is 12.6. The lowest BCUT2D eigenvalue weighted by Crippen LogP contribution is -2.37. The van der Waals surface area contributed by atoms with Gasteiger partial charge in [0.2, 0.25) is 0 Å². The molecule has 0 heterocycles. The topological polar surface area (TPSA) is 75.4 Å². The number of nitrogen functional groups attached to an aromatic ring is 1. The van der Waals surface area contributed by atoms with Crippen molar-refractivity contribution in [3.8, 4) is 5.75 Å². The minimum atomic E-state index is -0.129. The fraction of sp³-hybridized carbons (Fsp3) is 0.533. The third-order valence-electron chi connectivity index (χ3n) is 4.05. The van der Waals surface area contributed by atoms with E-state index in [1.54, 1.807) is 12.1 Å². The third kappa shape index (κ3) is 3.40. The fourth-order valence-corrected chi connectivity index (χ4v) is 2.67. The molecule has 4 nitrogen and oxygen atoms in total. The summed E-state index contributed by atoms with van der Waals surface area (Å²) >= 11 is 0. The molecule has 2 rings (SSSR count). The quantitative estimate of drug-likeness (QED) is 0.579. The number of carbonyl (C=O) groups excluding carboxylic acids is 1. The molecule has 4 heteroatoms. The molecule has 1 fully saturated rings. The molecule has 0 aromatic heterocycles. The molecule has 1 amide bonds. The van der Waals surface area contributed by atoms with Crippen LogP contribution in [0.3, 0.4) is 0 Å².